The molecule has 1 aliphatic heterocycles. The highest BCUT2D eigenvalue weighted by atomic mass is 35.5. The summed E-state index contributed by atoms with van der Waals surface area (Å²) in [5.41, 5.74) is 0.939. The Bertz CT molecular complexity index is 548. The minimum absolute atomic E-state index is 0. The SMILES string of the molecule is Cl.O=C(C1CC(F)(F)C1)N1CCNCC1c1cccc(Cl)c1. The number of hydrogen-bond acceptors (Lipinski definition) is 2. The molecule has 1 N–H and O–H groups in total. The molecule has 0 aromatic heterocycles. The Morgan fingerprint density at radius 1 is 1.36 bits per heavy atom. The summed E-state index contributed by atoms with van der Waals surface area (Å²) < 4.78 is 26.0. The topological polar surface area (TPSA) is 32.3 Å². The lowest BCUT2D eigenvalue weighted by molar-refractivity contribution is -0.162. The van der Waals surface area contributed by atoms with E-state index in [0.29, 0.717) is 24.7 Å². The summed E-state index contributed by atoms with van der Waals surface area (Å²) in [5.74, 6) is -3.37. The van der Waals surface area contributed by atoms with E-state index in [1.165, 1.54) is 0 Å². The number of benzene rings is 1. The normalized spacial score (nSPS) is 24.3. The number of carbonyl (C=O) groups excluding carboxylic acids is 1. The molecule has 1 unspecified atom stereocenters. The van der Waals surface area contributed by atoms with Crippen LogP contribution in [-0.2, 0) is 4.79 Å². The Hall–Kier alpha value is -0.910. The Morgan fingerprint density at radius 3 is 2.73 bits per heavy atom. The minimum Gasteiger partial charge on any atom is -0.333 e. The molecular weight excluding hydrogens is 333 g/mol. The zero-order valence-corrected chi connectivity index (χ0v) is 13.5. The van der Waals surface area contributed by atoms with Gasteiger partial charge in [-0.15, -0.1) is 12.4 Å². The predicted molar refractivity (Wildman–Crippen MR) is 83.7 cm³/mol. The summed E-state index contributed by atoms with van der Waals surface area (Å²) >= 11 is 6.01. The van der Waals surface area contributed by atoms with E-state index in [0.717, 1.165) is 5.56 Å². The Kier molecular flexibility index (Phi) is 5.30. The van der Waals surface area contributed by atoms with E-state index in [9.17, 15) is 13.6 Å². The van der Waals surface area contributed by atoms with Crippen LogP contribution in [0.1, 0.15) is 24.4 Å². The van der Waals surface area contributed by atoms with Crippen molar-refractivity contribution in [3.05, 3.63) is 34.9 Å². The molecular formula is C15H18Cl2F2N2O. The molecule has 1 aromatic rings. The molecule has 1 aromatic carbocycles. The van der Waals surface area contributed by atoms with Gasteiger partial charge in [0.1, 0.15) is 0 Å². The number of hydrogen-bond donors (Lipinski definition) is 1. The molecule has 2 aliphatic rings. The number of amides is 1. The molecule has 0 spiro atoms. The second kappa shape index (κ2) is 6.69. The lowest BCUT2D eigenvalue weighted by Crippen LogP contribution is -2.53. The fraction of sp³-hybridized carbons (Fsp3) is 0.533. The van der Waals surface area contributed by atoms with E-state index in [4.69, 9.17) is 11.6 Å². The summed E-state index contributed by atoms with van der Waals surface area (Å²) in [6.45, 7) is 1.85. The first kappa shape index (κ1) is 17.4. The first-order valence-corrected chi connectivity index (χ1v) is 7.48. The van der Waals surface area contributed by atoms with Crippen LogP contribution in [0.15, 0.2) is 24.3 Å². The van der Waals surface area contributed by atoms with Gasteiger partial charge in [-0.2, -0.15) is 0 Å². The Balaban J connectivity index is 0.00000176. The molecule has 1 saturated carbocycles. The smallest absolute Gasteiger partial charge is 0.249 e. The third-order valence-corrected chi connectivity index (χ3v) is 4.43. The lowest BCUT2D eigenvalue weighted by Gasteiger charge is -2.42. The molecule has 7 heteroatoms. The molecule has 0 bridgehead atoms. The Morgan fingerprint density at radius 2 is 2.09 bits per heavy atom. The van der Waals surface area contributed by atoms with Gasteiger partial charge in [-0.25, -0.2) is 8.78 Å². The molecule has 1 amide bonds. The number of nitrogens with zero attached hydrogens (tertiary/aromatic N) is 1. The summed E-state index contributed by atoms with van der Waals surface area (Å²) in [4.78, 5) is 14.2. The van der Waals surface area contributed by atoms with Gasteiger partial charge in [0.2, 0.25) is 11.8 Å². The van der Waals surface area contributed by atoms with Crippen LogP contribution in [0.2, 0.25) is 5.02 Å². The van der Waals surface area contributed by atoms with Gasteiger partial charge in [-0.3, -0.25) is 4.79 Å². The first-order valence-electron chi connectivity index (χ1n) is 7.11. The minimum atomic E-state index is -2.67. The van der Waals surface area contributed by atoms with Crippen LogP contribution in [0.3, 0.4) is 0 Å². The van der Waals surface area contributed by atoms with Crippen LogP contribution < -0.4 is 5.32 Å². The van der Waals surface area contributed by atoms with Crippen molar-refractivity contribution in [2.45, 2.75) is 24.8 Å². The number of rotatable bonds is 2. The Labute approximate surface area is 139 Å². The van der Waals surface area contributed by atoms with Gasteiger partial charge in [0.25, 0.3) is 0 Å². The maximum atomic E-state index is 13.0. The number of halogens is 4. The average Bonchev–Trinajstić information content (AvgIpc) is 2.44. The predicted octanol–water partition coefficient (Wildman–Crippen LogP) is 3.28. The van der Waals surface area contributed by atoms with Crippen molar-refractivity contribution in [1.29, 1.82) is 0 Å². The van der Waals surface area contributed by atoms with Crippen molar-refractivity contribution < 1.29 is 13.6 Å². The fourth-order valence-electron chi connectivity index (χ4n) is 3.05. The van der Waals surface area contributed by atoms with Crippen LogP contribution in [-0.4, -0.2) is 36.4 Å². The molecule has 1 saturated heterocycles. The molecule has 1 aliphatic carbocycles. The second-order valence-electron chi connectivity index (χ2n) is 5.77. The number of piperazine rings is 1. The number of nitrogens with one attached hydrogen (secondary N) is 1. The number of carbonyl (C=O) groups is 1. The van der Waals surface area contributed by atoms with Crippen LogP contribution in [0.5, 0.6) is 0 Å². The fourth-order valence-corrected chi connectivity index (χ4v) is 3.25. The molecule has 1 atom stereocenters. The molecule has 1 heterocycles. The van der Waals surface area contributed by atoms with Gasteiger partial charge in [0.15, 0.2) is 0 Å². The maximum Gasteiger partial charge on any atom is 0.249 e. The summed E-state index contributed by atoms with van der Waals surface area (Å²) in [7, 11) is 0. The van der Waals surface area contributed by atoms with E-state index < -0.39 is 11.8 Å². The third-order valence-electron chi connectivity index (χ3n) is 4.20. The highest BCUT2D eigenvalue weighted by molar-refractivity contribution is 6.30. The van der Waals surface area contributed by atoms with Crippen molar-refractivity contribution in [3.63, 3.8) is 0 Å². The molecule has 0 radical (unpaired) electrons. The van der Waals surface area contributed by atoms with Gasteiger partial charge in [-0.05, 0) is 17.7 Å². The zero-order chi connectivity index (χ0) is 15.0. The average molecular weight is 351 g/mol. The summed E-state index contributed by atoms with van der Waals surface area (Å²) in [6, 6.07) is 7.22. The van der Waals surface area contributed by atoms with Crippen molar-refractivity contribution >= 4 is 29.9 Å². The standard InChI is InChI=1S/C15H17ClF2N2O.ClH/c16-12-3-1-2-10(6-12)13-9-19-4-5-20(13)14(21)11-7-15(17,18)8-11;/h1-3,6,11,13,19H,4-5,7-9H2;1H. The zero-order valence-electron chi connectivity index (χ0n) is 11.9. The first-order chi connectivity index (χ1) is 9.96. The van der Waals surface area contributed by atoms with Gasteiger partial charge in [0.05, 0.1) is 6.04 Å². The summed E-state index contributed by atoms with van der Waals surface area (Å²) in [5, 5.41) is 3.86. The van der Waals surface area contributed by atoms with Crippen LogP contribution in [0, 0.1) is 5.92 Å². The molecule has 122 valence electrons. The highest BCUT2D eigenvalue weighted by Crippen LogP contribution is 2.44. The van der Waals surface area contributed by atoms with Crippen molar-refractivity contribution in [1.82, 2.24) is 10.2 Å². The van der Waals surface area contributed by atoms with E-state index in [2.05, 4.69) is 5.32 Å². The van der Waals surface area contributed by atoms with Crippen LogP contribution in [0.4, 0.5) is 8.78 Å². The third kappa shape index (κ3) is 3.53. The highest BCUT2D eigenvalue weighted by Gasteiger charge is 2.50. The monoisotopic (exact) mass is 350 g/mol. The van der Waals surface area contributed by atoms with E-state index >= 15 is 0 Å². The van der Waals surface area contributed by atoms with Crippen molar-refractivity contribution in [2.75, 3.05) is 19.6 Å². The van der Waals surface area contributed by atoms with Crippen LogP contribution >= 0.6 is 24.0 Å². The van der Waals surface area contributed by atoms with Gasteiger partial charge in [0, 0.05) is 43.4 Å². The van der Waals surface area contributed by atoms with E-state index in [-0.39, 0.29) is 37.2 Å². The molecule has 3 rings (SSSR count). The van der Waals surface area contributed by atoms with E-state index in [1.807, 2.05) is 18.2 Å². The molecule has 2 fully saturated rings. The largest absolute Gasteiger partial charge is 0.333 e. The molecule has 22 heavy (non-hydrogen) atoms. The van der Waals surface area contributed by atoms with E-state index in [1.54, 1.807) is 11.0 Å². The molecule has 3 nitrogen and oxygen atoms in total. The lowest BCUT2D eigenvalue weighted by atomic mass is 9.80. The quantitative estimate of drug-likeness (QED) is 0.887. The number of alkyl halides is 2. The second-order valence-corrected chi connectivity index (χ2v) is 6.20. The van der Waals surface area contributed by atoms with Gasteiger partial charge in [-0.1, -0.05) is 23.7 Å². The van der Waals surface area contributed by atoms with Crippen LogP contribution in [0.25, 0.3) is 0 Å². The maximum absolute atomic E-state index is 13.0. The van der Waals surface area contributed by atoms with Crippen molar-refractivity contribution in [2.24, 2.45) is 5.92 Å². The van der Waals surface area contributed by atoms with Gasteiger partial charge >= 0.3 is 0 Å². The van der Waals surface area contributed by atoms with Gasteiger partial charge < -0.3 is 10.2 Å². The van der Waals surface area contributed by atoms with Crippen molar-refractivity contribution in [3.8, 4) is 0 Å². The summed E-state index contributed by atoms with van der Waals surface area (Å²) in [6.07, 6.45) is -0.643.